The predicted molar refractivity (Wildman–Crippen MR) is 52.0 cm³/mol. The van der Waals surface area contributed by atoms with E-state index in [9.17, 15) is 9.18 Å². The van der Waals surface area contributed by atoms with Gasteiger partial charge in [0.25, 0.3) is 0 Å². The largest absolute Gasteiger partial charge is 0.497 e. The number of benzene rings is 1. The number of halogens is 1. The zero-order valence-corrected chi connectivity index (χ0v) is 8.40. The Morgan fingerprint density at radius 3 is 2.50 bits per heavy atom. The van der Waals surface area contributed by atoms with E-state index in [-0.39, 0.29) is 11.3 Å². The summed E-state index contributed by atoms with van der Waals surface area (Å²) in [6.45, 7) is 0. The lowest BCUT2D eigenvalue weighted by molar-refractivity contribution is 0.0970. The number of nitrogens with zero attached hydrogens (tertiary/aromatic N) is 2. The molecule has 0 spiro atoms. The van der Waals surface area contributed by atoms with Crippen LogP contribution in [0.1, 0.15) is 10.4 Å². The Morgan fingerprint density at radius 2 is 2.00 bits per heavy atom. The van der Waals surface area contributed by atoms with Crippen LogP contribution in [0, 0.1) is 34.4 Å². The van der Waals surface area contributed by atoms with Gasteiger partial charge in [0.05, 0.1) is 19.2 Å². The van der Waals surface area contributed by atoms with E-state index in [1.165, 1.54) is 25.3 Å². The van der Waals surface area contributed by atoms with Gasteiger partial charge in [-0.05, 0) is 12.1 Å². The highest BCUT2D eigenvalue weighted by atomic mass is 19.1. The SMILES string of the molecule is COc1cc(F)cc(C(=O)C(C#N)C#N)c1. The highest BCUT2D eigenvalue weighted by Gasteiger charge is 2.20. The molecule has 0 aliphatic rings. The number of ketones is 1. The van der Waals surface area contributed by atoms with Crippen LogP contribution in [0.4, 0.5) is 4.39 Å². The van der Waals surface area contributed by atoms with Crippen molar-refractivity contribution in [3.05, 3.63) is 29.6 Å². The minimum Gasteiger partial charge on any atom is -0.497 e. The zero-order valence-electron chi connectivity index (χ0n) is 8.40. The maximum atomic E-state index is 13.0. The number of rotatable bonds is 3. The van der Waals surface area contributed by atoms with E-state index in [4.69, 9.17) is 15.3 Å². The summed E-state index contributed by atoms with van der Waals surface area (Å²) in [5.74, 6) is -2.65. The van der Waals surface area contributed by atoms with Crippen LogP contribution in [0.2, 0.25) is 0 Å². The fourth-order valence-electron chi connectivity index (χ4n) is 1.14. The fraction of sp³-hybridized carbons (Fsp3) is 0.182. The van der Waals surface area contributed by atoms with Crippen molar-refractivity contribution in [3.63, 3.8) is 0 Å². The van der Waals surface area contributed by atoms with Crippen LogP contribution >= 0.6 is 0 Å². The van der Waals surface area contributed by atoms with Crippen molar-refractivity contribution >= 4 is 5.78 Å². The third-order valence-electron chi connectivity index (χ3n) is 1.91. The van der Waals surface area contributed by atoms with E-state index in [2.05, 4.69) is 0 Å². The van der Waals surface area contributed by atoms with E-state index < -0.39 is 17.5 Å². The van der Waals surface area contributed by atoms with Crippen LogP contribution in [0.5, 0.6) is 5.75 Å². The Labute approximate surface area is 91.5 Å². The summed E-state index contributed by atoms with van der Waals surface area (Å²) >= 11 is 0. The maximum Gasteiger partial charge on any atom is 0.195 e. The molecule has 0 aromatic heterocycles. The number of Topliss-reactive ketones (excluding diaryl/α,β-unsaturated/α-hetero) is 1. The van der Waals surface area contributed by atoms with Gasteiger partial charge in [-0.3, -0.25) is 4.79 Å². The highest BCUT2D eigenvalue weighted by molar-refractivity contribution is 6.01. The molecule has 0 aliphatic carbocycles. The van der Waals surface area contributed by atoms with Crippen molar-refractivity contribution < 1.29 is 13.9 Å². The fourth-order valence-corrected chi connectivity index (χ4v) is 1.14. The summed E-state index contributed by atoms with van der Waals surface area (Å²) in [5.41, 5.74) is -0.0510. The van der Waals surface area contributed by atoms with Gasteiger partial charge < -0.3 is 4.74 Å². The van der Waals surface area contributed by atoms with Gasteiger partial charge in [-0.2, -0.15) is 10.5 Å². The van der Waals surface area contributed by atoms with E-state index in [0.29, 0.717) is 0 Å². The number of nitriles is 2. The normalized spacial score (nSPS) is 9.31. The van der Waals surface area contributed by atoms with Gasteiger partial charge in [0.15, 0.2) is 11.7 Å². The molecule has 0 N–H and O–H groups in total. The first kappa shape index (κ1) is 11.7. The van der Waals surface area contributed by atoms with Crippen molar-refractivity contribution in [2.45, 2.75) is 0 Å². The molecule has 0 saturated carbocycles. The second-order valence-electron chi connectivity index (χ2n) is 2.94. The molecule has 0 fully saturated rings. The Balaban J connectivity index is 3.15. The van der Waals surface area contributed by atoms with Gasteiger partial charge in [-0.25, -0.2) is 4.39 Å². The molecular weight excluding hydrogens is 211 g/mol. The summed E-state index contributed by atoms with van der Waals surface area (Å²) in [6, 6.07) is 6.42. The molecule has 0 atom stereocenters. The van der Waals surface area contributed by atoms with E-state index in [1.54, 1.807) is 0 Å². The lowest BCUT2D eigenvalue weighted by Gasteiger charge is -2.04. The Bertz CT molecular complexity index is 486. The van der Waals surface area contributed by atoms with Crippen LogP contribution in [0.3, 0.4) is 0 Å². The van der Waals surface area contributed by atoms with Gasteiger partial charge in [-0.15, -0.1) is 0 Å². The number of hydrogen-bond donors (Lipinski definition) is 0. The number of carbonyl (C=O) groups is 1. The maximum absolute atomic E-state index is 13.0. The minimum absolute atomic E-state index is 0.0510. The third-order valence-corrected chi connectivity index (χ3v) is 1.91. The molecule has 1 rings (SSSR count). The quantitative estimate of drug-likeness (QED) is 0.723. The van der Waals surface area contributed by atoms with E-state index in [0.717, 1.165) is 12.1 Å². The number of methoxy groups -OCH3 is 1. The van der Waals surface area contributed by atoms with Crippen LogP contribution in [-0.2, 0) is 0 Å². The topological polar surface area (TPSA) is 73.9 Å². The van der Waals surface area contributed by atoms with Crippen LogP contribution in [0.15, 0.2) is 18.2 Å². The first-order valence-electron chi connectivity index (χ1n) is 4.30. The molecule has 4 nitrogen and oxygen atoms in total. The summed E-state index contributed by atoms with van der Waals surface area (Å²) in [4.78, 5) is 11.6. The second-order valence-corrected chi connectivity index (χ2v) is 2.94. The third kappa shape index (κ3) is 2.34. The average Bonchev–Trinajstić information content (AvgIpc) is 2.29. The van der Waals surface area contributed by atoms with E-state index in [1.807, 2.05) is 0 Å². The number of hydrogen-bond acceptors (Lipinski definition) is 4. The van der Waals surface area contributed by atoms with Crippen molar-refractivity contribution in [3.8, 4) is 17.9 Å². The Hall–Kier alpha value is -2.40. The molecule has 80 valence electrons. The van der Waals surface area contributed by atoms with Crippen molar-refractivity contribution in [2.75, 3.05) is 7.11 Å². The van der Waals surface area contributed by atoms with Gasteiger partial charge in [0.1, 0.15) is 11.6 Å². The van der Waals surface area contributed by atoms with E-state index >= 15 is 0 Å². The molecular formula is C11H7FN2O2. The van der Waals surface area contributed by atoms with Crippen molar-refractivity contribution in [1.82, 2.24) is 0 Å². The molecule has 0 bridgehead atoms. The molecule has 16 heavy (non-hydrogen) atoms. The highest BCUT2D eigenvalue weighted by Crippen LogP contribution is 2.18. The molecule has 0 amide bonds. The van der Waals surface area contributed by atoms with Crippen molar-refractivity contribution in [1.29, 1.82) is 10.5 Å². The van der Waals surface area contributed by atoms with Gasteiger partial charge in [0.2, 0.25) is 0 Å². The summed E-state index contributed by atoms with van der Waals surface area (Å²) in [5, 5.41) is 17.1. The molecule has 0 aliphatic heterocycles. The second kappa shape index (κ2) is 4.90. The molecule has 0 heterocycles. The first-order chi connectivity index (χ1) is 7.62. The van der Waals surface area contributed by atoms with Gasteiger partial charge in [-0.1, -0.05) is 0 Å². The standard InChI is InChI=1S/C11H7FN2O2/c1-16-10-3-7(2-9(12)4-10)11(15)8(5-13)6-14/h2-4,8H,1H3. The van der Waals surface area contributed by atoms with Gasteiger partial charge in [0, 0.05) is 11.6 Å². The lowest BCUT2D eigenvalue weighted by atomic mass is 10.00. The molecule has 1 aromatic rings. The monoisotopic (exact) mass is 218 g/mol. The Morgan fingerprint density at radius 1 is 1.38 bits per heavy atom. The minimum atomic E-state index is -1.42. The zero-order chi connectivity index (χ0) is 12.1. The Kier molecular flexibility index (Phi) is 3.58. The van der Waals surface area contributed by atoms with Crippen LogP contribution in [0.25, 0.3) is 0 Å². The summed E-state index contributed by atoms with van der Waals surface area (Å²) in [7, 11) is 1.33. The van der Waals surface area contributed by atoms with Crippen molar-refractivity contribution in [2.24, 2.45) is 5.92 Å². The lowest BCUT2D eigenvalue weighted by Crippen LogP contribution is -2.11. The predicted octanol–water partition coefficient (Wildman–Crippen LogP) is 1.68. The average molecular weight is 218 g/mol. The molecule has 0 radical (unpaired) electrons. The molecule has 0 unspecified atom stereocenters. The first-order valence-corrected chi connectivity index (χ1v) is 4.30. The van der Waals surface area contributed by atoms with Gasteiger partial charge >= 0.3 is 0 Å². The summed E-state index contributed by atoms with van der Waals surface area (Å²) in [6.07, 6.45) is 0. The molecule has 5 heteroatoms. The molecule has 0 saturated heterocycles. The number of carbonyl (C=O) groups excluding carboxylic acids is 1. The summed E-state index contributed by atoms with van der Waals surface area (Å²) < 4.78 is 17.8. The van der Waals surface area contributed by atoms with Crippen LogP contribution < -0.4 is 4.74 Å². The molecule has 1 aromatic carbocycles. The van der Waals surface area contributed by atoms with Crippen LogP contribution in [-0.4, -0.2) is 12.9 Å². The number of ether oxygens (including phenoxy) is 1. The smallest absolute Gasteiger partial charge is 0.195 e.